The number of carboxylic acid groups (broad SMARTS) is 1. The number of carbonyl (C=O) groups excluding carboxylic acids is 1. The zero-order chi connectivity index (χ0) is 41.4. The van der Waals surface area contributed by atoms with E-state index in [-0.39, 0.29) is 64.2 Å². The van der Waals surface area contributed by atoms with Gasteiger partial charge in [0.25, 0.3) is 5.91 Å². The molecule has 5 N–H and O–H groups in total. The molecule has 0 spiro atoms. The van der Waals surface area contributed by atoms with Crippen molar-refractivity contribution in [3.8, 4) is 45.3 Å². The van der Waals surface area contributed by atoms with Crippen LogP contribution in [0.25, 0.3) is 44.7 Å². The molecule has 0 bridgehead atoms. The van der Waals surface area contributed by atoms with Gasteiger partial charge in [0.05, 0.1) is 42.0 Å². The zero-order valence-corrected chi connectivity index (χ0v) is 31.7. The molecule has 0 fully saturated rings. The van der Waals surface area contributed by atoms with Crippen molar-refractivity contribution in [2.24, 2.45) is 5.16 Å². The van der Waals surface area contributed by atoms with Gasteiger partial charge in [0.2, 0.25) is 11.8 Å². The van der Waals surface area contributed by atoms with Crippen LogP contribution in [0, 0.1) is 12.7 Å². The first-order chi connectivity index (χ1) is 28.5. The first-order valence-corrected chi connectivity index (χ1v) is 18.5. The number of hydrogen-bond donors (Lipinski definition) is 4. The average Bonchev–Trinajstić information content (AvgIpc) is 3.21. The molecule has 1 atom stereocenters. The van der Waals surface area contributed by atoms with Gasteiger partial charge < -0.3 is 35.3 Å². The Bertz CT molecular complexity index is 2880. The fourth-order valence-electron chi connectivity index (χ4n) is 7.57. The highest BCUT2D eigenvalue weighted by Crippen LogP contribution is 2.42. The van der Waals surface area contributed by atoms with E-state index in [0.717, 1.165) is 5.56 Å². The number of pyridine rings is 1. The summed E-state index contributed by atoms with van der Waals surface area (Å²) < 4.78 is 25.9. The molecule has 1 aliphatic heterocycles. The minimum absolute atomic E-state index is 0.0212. The van der Waals surface area contributed by atoms with Crippen LogP contribution in [-0.4, -0.2) is 63.0 Å². The topological polar surface area (TPSA) is 212 Å². The van der Waals surface area contributed by atoms with E-state index in [2.05, 4.69) is 25.4 Å². The standard InChI is InChI=1S/C44H35FN6O8/c1-22-40-35(50-44(46)48-22)17-24(28-11-7-25(45)19-32(28)34-4-3-5-39(49-34)57-2)18-36(40)51-58-15-14-47-42(54)23-6-10-29(33(16-23)43(55)56)41-30-12-8-26(52)20-37(30)59-38-21-27(53)9-13-31(38)41/h3-13,16,19-21,24,52H,14-15,17-18H2,1-2H3,(H,47,54)(H,55,56)(H2,46,48,50)/t24-/m0/s1. The molecule has 2 aliphatic carbocycles. The summed E-state index contributed by atoms with van der Waals surface area (Å²) in [6.45, 7) is 1.79. The number of methoxy groups -OCH3 is 1. The molecule has 0 saturated heterocycles. The van der Waals surface area contributed by atoms with E-state index in [1.54, 1.807) is 43.3 Å². The first-order valence-electron chi connectivity index (χ1n) is 18.5. The van der Waals surface area contributed by atoms with Crippen LogP contribution < -0.4 is 21.2 Å². The number of ether oxygens (including phenoxy) is 1. The van der Waals surface area contributed by atoms with Gasteiger partial charge in [-0.3, -0.25) is 9.59 Å². The molecule has 3 aromatic carbocycles. The smallest absolute Gasteiger partial charge is 0.336 e. The molecule has 14 nitrogen and oxygen atoms in total. The lowest BCUT2D eigenvalue weighted by Gasteiger charge is -2.27. The number of hydrogen-bond acceptors (Lipinski definition) is 12. The lowest BCUT2D eigenvalue weighted by molar-refractivity contribution is 0.0697. The van der Waals surface area contributed by atoms with Gasteiger partial charge in [-0.2, -0.15) is 0 Å². The van der Waals surface area contributed by atoms with E-state index in [4.69, 9.17) is 19.7 Å². The minimum Gasteiger partial charge on any atom is -0.508 e. The van der Waals surface area contributed by atoms with Crippen molar-refractivity contribution in [1.29, 1.82) is 0 Å². The normalized spacial score (nSPS) is 14.3. The Kier molecular flexibility index (Phi) is 10.2. The number of nitrogens with zero attached hydrogens (tertiary/aromatic N) is 4. The molecule has 15 heteroatoms. The average molecular weight is 795 g/mol. The Hall–Kier alpha value is -7.68. The number of oxime groups is 1. The van der Waals surface area contributed by atoms with Gasteiger partial charge in [0, 0.05) is 57.8 Å². The number of nitrogens with two attached hydrogens (primary N) is 1. The lowest BCUT2D eigenvalue weighted by atomic mass is 9.79. The number of amides is 1. The highest BCUT2D eigenvalue weighted by atomic mass is 19.1. The zero-order valence-electron chi connectivity index (χ0n) is 31.7. The lowest BCUT2D eigenvalue weighted by Crippen LogP contribution is -2.27. The summed E-state index contributed by atoms with van der Waals surface area (Å²) in [7, 11) is 1.51. The summed E-state index contributed by atoms with van der Waals surface area (Å²) in [6.07, 6.45) is 0.855. The van der Waals surface area contributed by atoms with Crippen molar-refractivity contribution in [2.75, 3.05) is 26.0 Å². The number of carboxylic acids is 1. The van der Waals surface area contributed by atoms with E-state index in [0.29, 0.717) is 69.2 Å². The second-order valence-electron chi connectivity index (χ2n) is 13.9. The fraction of sp³-hybridized carbons (Fsp3) is 0.159. The van der Waals surface area contributed by atoms with Gasteiger partial charge in [-0.05, 0) is 85.0 Å². The maximum atomic E-state index is 14.7. The number of anilines is 1. The number of nitrogen functional groups attached to an aromatic ring is 1. The Morgan fingerprint density at radius 3 is 2.59 bits per heavy atom. The maximum absolute atomic E-state index is 14.7. The quantitative estimate of drug-likeness (QED) is 0.0644. The van der Waals surface area contributed by atoms with Gasteiger partial charge in [0.1, 0.15) is 29.5 Å². The van der Waals surface area contributed by atoms with Crippen LogP contribution in [-0.2, 0) is 11.3 Å². The molecule has 8 rings (SSSR count). The molecule has 296 valence electrons. The maximum Gasteiger partial charge on any atom is 0.336 e. The van der Waals surface area contributed by atoms with Crippen molar-refractivity contribution in [1.82, 2.24) is 20.3 Å². The second-order valence-corrected chi connectivity index (χ2v) is 13.9. The monoisotopic (exact) mass is 794 g/mol. The Morgan fingerprint density at radius 2 is 1.78 bits per heavy atom. The molecule has 0 saturated carbocycles. The SMILES string of the molecule is COc1cccc(-c2cc(F)ccc2[C@@H]2CC(=NOCCNC(=O)c3ccc(-c4c5ccc(=O)cc-5oc5cc(O)ccc45)c(C(=O)O)c3)c3c(C)nc(N)nc3C2)n1. The first kappa shape index (κ1) is 38.2. The van der Waals surface area contributed by atoms with E-state index in [1.807, 2.05) is 0 Å². The molecular weight excluding hydrogens is 760 g/mol. The number of rotatable bonds is 10. The van der Waals surface area contributed by atoms with Crippen LogP contribution in [0.4, 0.5) is 10.3 Å². The Balaban J connectivity index is 1.02. The van der Waals surface area contributed by atoms with Crippen molar-refractivity contribution < 1.29 is 38.2 Å². The summed E-state index contributed by atoms with van der Waals surface area (Å²) in [6, 6.07) is 22.8. The summed E-state index contributed by atoms with van der Waals surface area (Å²) in [4.78, 5) is 57.3. The summed E-state index contributed by atoms with van der Waals surface area (Å²) in [5.41, 5.74) is 11.6. The number of benzene rings is 4. The van der Waals surface area contributed by atoms with Crippen LogP contribution in [0.3, 0.4) is 0 Å². The number of carbonyl (C=O) groups is 2. The van der Waals surface area contributed by atoms with Gasteiger partial charge in [-0.25, -0.2) is 24.1 Å². The number of aromatic carboxylic acids is 1. The molecule has 0 radical (unpaired) electrons. The van der Waals surface area contributed by atoms with E-state index >= 15 is 0 Å². The predicted molar refractivity (Wildman–Crippen MR) is 216 cm³/mol. The van der Waals surface area contributed by atoms with Gasteiger partial charge in [-0.1, -0.05) is 23.4 Å². The third kappa shape index (κ3) is 7.60. The van der Waals surface area contributed by atoms with Gasteiger partial charge in [0.15, 0.2) is 5.43 Å². The molecule has 3 aliphatic rings. The minimum atomic E-state index is -1.28. The van der Waals surface area contributed by atoms with E-state index < -0.39 is 17.7 Å². The largest absolute Gasteiger partial charge is 0.508 e. The number of aryl methyl sites for hydroxylation is 1. The van der Waals surface area contributed by atoms with Crippen molar-refractivity contribution in [3.63, 3.8) is 0 Å². The molecular formula is C44H35FN6O8. The predicted octanol–water partition coefficient (Wildman–Crippen LogP) is 6.74. The molecule has 59 heavy (non-hydrogen) atoms. The highest BCUT2D eigenvalue weighted by molar-refractivity contribution is 6.09. The summed E-state index contributed by atoms with van der Waals surface area (Å²) in [5, 5.41) is 28.1. The Labute approximate surface area is 335 Å². The third-order valence-electron chi connectivity index (χ3n) is 10.1. The van der Waals surface area contributed by atoms with Gasteiger partial charge in [-0.15, -0.1) is 0 Å². The van der Waals surface area contributed by atoms with Gasteiger partial charge >= 0.3 is 5.97 Å². The molecule has 5 aromatic rings. The second kappa shape index (κ2) is 15.7. The summed E-state index contributed by atoms with van der Waals surface area (Å²) in [5.74, 6) is -1.84. The molecule has 0 unspecified atom stereocenters. The number of aromatic nitrogens is 3. The number of aromatic hydroxyl groups is 1. The number of fused-ring (bicyclic) bond motifs is 3. The van der Waals surface area contributed by atoms with Crippen LogP contribution in [0.5, 0.6) is 11.6 Å². The molecule has 3 heterocycles. The van der Waals surface area contributed by atoms with E-state index in [1.165, 1.54) is 61.7 Å². The van der Waals surface area contributed by atoms with Crippen molar-refractivity contribution in [2.45, 2.75) is 25.7 Å². The summed E-state index contributed by atoms with van der Waals surface area (Å²) >= 11 is 0. The molecule has 2 aromatic heterocycles. The molecule has 1 amide bonds. The number of phenols is 1. The number of nitrogens with one attached hydrogen (secondary N) is 1. The van der Waals surface area contributed by atoms with Crippen molar-refractivity contribution in [3.05, 3.63) is 141 Å². The fourth-order valence-corrected chi connectivity index (χ4v) is 7.57. The number of phenolic OH excluding ortho intramolecular Hbond substituents is 1. The van der Waals surface area contributed by atoms with Crippen molar-refractivity contribution >= 4 is 34.5 Å². The van der Waals surface area contributed by atoms with E-state index in [9.17, 15) is 29.0 Å². The third-order valence-corrected chi connectivity index (χ3v) is 10.1. The van der Waals surface area contributed by atoms with Crippen LogP contribution in [0.15, 0.2) is 105 Å². The van der Waals surface area contributed by atoms with Crippen LogP contribution in [0.2, 0.25) is 0 Å². The van der Waals surface area contributed by atoms with Crippen LogP contribution in [0.1, 0.15) is 55.6 Å². The highest BCUT2D eigenvalue weighted by Gasteiger charge is 2.31. The van der Waals surface area contributed by atoms with Crippen LogP contribution >= 0.6 is 0 Å². The number of halogens is 1. The Morgan fingerprint density at radius 1 is 0.949 bits per heavy atom.